The summed E-state index contributed by atoms with van der Waals surface area (Å²) in [5.41, 5.74) is 0. The number of unbranched alkanes of at least 4 members (excludes halogenated alkanes) is 7. The molecule has 0 bridgehead atoms. The Labute approximate surface area is 113 Å². The summed E-state index contributed by atoms with van der Waals surface area (Å²) in [6.45, 7) is 6.89. The molecule has 0 atom stereocenters. The number of rotatable bonds is 13. The molecule has 0 aromatic rings. The van der Waals surface area contributed by atoms with Crippen molar-refractivity contribution < 1.29 is 13.6 Å². The van der Waals surface area contributed by atoms with Crippen LogP contribution in [0.2, 0.25) is 0 Å². The second kappa shape index (κ2) is 12.2. The smallest absolute Gasteiger partial charge is 0.309 e. The van der Waals surface area contributed by atoms with E-state index in [-0.39, 0.29) is 0 Å². The maximum absolute atomic E-state index is 12.1. The second-order valence-corrected chi connectivity index (χ2v) is 6.83. The molecule has 0 amide bonds. The van der Waals surface area contributed by atoms with E-state index >= 15 is 0 Å². The molecule has 0 aromatic heterocycles. The van der Waals surface area contributed by atoms with Gasteiger partial charge in [0.05, 0.1) is 19.4 Å². The summed E-state index contributed by atoms with van der Waals surface area (Å²) in [5, 5.41) is 0. The van der Waals surface area contributed by atoms with Crippen LogP contribution in [-0.2, 0) is 13.6 Å². The molecule has 0 aliphatic rings. The molecule has 0 fully saturated rings. The van der Waals surface area contributed by atoms with Gasteiger partial charge in [0.1, 0.15) is 0 Å². The number of hydrogen-bond donors (Lipinski definition) is 0. The van der Waals surface area contributed by atoms with Gasteiger partial charge in [-0.3, -0.25) is 4.57 Å². The topological polar surface area (TPSA) is 35.5 Å². The van der Waals surface area contributed by atoms with Crippen LogP contribution in [0, 0.1) is 0 Å². The molecular formula is C14H31O3P. The Morgan fingerprint density at radius 2 is 1.17 bits per heavy atom. The summed E-state index contributed by atoms with van der Waals surface area (Å²) < 4.78 is 22.7. The van der Waals surface area contributed by atoms with Crippen LogP contribution in [0.15, 0.2) is 0 Å². The standard InChI is InChI=1S/C14H31O3P/c1-4-7-8-9-10-11-12-13-14-18(15,16-5-2)17-6-3/h4-14H2,1-3H3. The van der Waals surface area contributed by atoms with Crippen molar-refractivity contribution in [3.63, 3.8) is 0 Å². The quantitative estimate of drug-likeness (QED) is 0.334. The highest BCUT2D eigenvalue weighted by Gasteiger charge is 2.22. The largest absolute Gasteiger partial charge is 0.330 e. The Balaban J connectivity index is 3.52. The van der Waals surface area contributed by atoms with Gasteiger partial charge in [0.15, 0.2) is 0 Å². The van der Waals surface area contributed by atoms with Crippen molar-refractivity contribution in [3.8, 4) is 0 Å². The van der Waals surface area contributed by atoms with E-state index in [1.807, 2.05) is 13.8 Å². The first kappa shape index (κ1) is 18.1. The minimum atomic E-state index is -2.79. The zero-order valence-corrected chi connectivity index (χ0v) is 13.3. The van der Waals surface area contributed by atoms with Crippen molar-refractivity contribution >= 4 is 7.60 Å². The zero-order chi connectivity index (χ0) is 13.7. The fraction of sp³-hybridized carbons (Fsp3) is 1.00. The lowest BCUT2D eigenvalue weighted by Gasteiger charge is -2.16. The lowest BCUT2D eigenvalue weighted by atomic mass is 10.1. The molecular weight excluding hydrogens is 247 g/mol. The summed E-state index contributed by atoms with van der Waals surface area (Å²) in [5.74, 6) is 0. The van der Waals surface area contributed by atoms with Gasteiger partial charge >= 0.3 is 7.60 Å². The normalized spacial score (nSPS) is 11.9. The first-order chi connectivity index (χ1) is 8.68. The molecule has 0 rings (SSSR count). The van der Waals surface area contributed by atoms with Gasteiger partial charge in [0.2, 0.25) is 0 Å². The summed E-state index contributed by atoms with van der Waals surface area (Å²) in [6, 6.07) is 0. The Morgan fingerprint density at radius 3 is 1.61 bits per heavy atom. The molecule has 0 heterocycles. The van der Waals surface area contributed by atoms with Crippen LogP contribution >= 0.6 is 7.60 Å². The van der Waals surface area contributed by atoms with Crippen LogP contribution in [0.4, 0.5) is 0 Å². The van der Waals surface area contributed by atoms with Crippen molar-refractivity contribution in [2.45, 2.75) is 72.1 Å². The Morgan fingerprint density at radius 1 is 0.722 bits per heavy atom. The van der Waals surface area contributed by atoms with Crippen LogP contribution < -0.4 is 0 Å². The minimum Gasteiger partial charge on any atom is -0.309 e. The Bertz CT molecular complexity index is 209. The molecule has 0 aliphatic carbocycles. The van der Waals surface area contributed by atoms with Gasteiger partial charge in [-0.05, 0) is 20.3 Å². The Kier molecular flexibility index (Phi) is 12.3. The Hall–Kier alpha value is 0.150. The highest BCUT2D eigenvalue weighted by molar-refractivity contribution is 7.53. The fourth-order valence-electron chi connectivity index (χ4n) is 2.00. The van der Waals surface area contributed by atoms with Crippen molar-refractivity contribution in [1.82, 2.24) is 0 Å². The molecule has 4 heteroatoms. The van der Waals surface area contributed by atoms with Gasteiger partial charge in [-0.2, -0.15) is 0 Å². The van der Waals surface area contributed by atoms with Gasteiger partial charge in [-0.15, -0.1) is 0 Å². The van der Waals surface area contributed by atoms with Crippen molar-refractivity contribution in [1.29, 1.82) is 0 Å². The van der Waals surface area contributed by atoms with Crippen molar-refractivity contribution in [3.05, 3.63) is 0 Å². The summed E-state index contributed by atoms with van der Waals surface area (Å²) in [6.07, 6.45) is 10.5. The zero-order valence-electron chi connectivity index (χ0n) is 12.5. The molecule has 0 aliphatic heterocycles. The van der Waals surface area contributed by atoms with Crippen LogP contribution in [-0.4, -0.2) is 19.4 Å². The molecule has 0 N–H and O–H groups in total. The number of hydrogen-bond acceptors (Lipinski definition) is 3. The summed E-state index contributed by atoms with van der Waals surface area (Å²) in [7, 11) is -2.79. The molecule has 0 radical (unpaired) electrons. The third kappa shape index (κ3) is 10.1. The second-order valence-electron chi connectivity index (χ2n) is 4.64. The third-order valence-corrected chi connectivity index (χ3v) is 5.10. The average Bonchev–Trinajstić information content (AvgIpc) is 2.33. The van der Waals surface area contributed by atoms with Crippen LogP contribution in [0.25, 0.3) is 0 Å². The molecule has 110 valence electrons. The van der Waals surface area contributed by atoms with Crippen LogP contribution in [0.1, 0.15) is 72.1 Å². The first-order valence-electron chi connectivity index (χ1n) is 7.56. The van der Waals surface area contributed by atoms with Crippen molar-refractivity contribution in [2.75, 3.05) is 19.4 Å². The van der Waals surface area contributed by atoms with E-state index in [4.69, 9.17) is 9.05 Å². The molecule has 0 aromatic carbocycles. The van der Waals surface area contributed by atoms with E-state index in [1.165, 1.54) is 38.5 Å². The summed E-state index contributed by atoms with van der Waals surface area (Å²) >= 11 is 0. The first-order valence-corrected chi connectivity index (χ1v) is 9.29. The van der Waals surface area contributed by atoms with E-state index in [2.05, 4.69) is 6.92 Å². The molecule has 0 saturated heterocycles. The molecule has 0 spiro atoms. The lowest BCUT2D eigenvalue weighted by Crippen LogP contribution is -2.00. The maximum Gasteiger partial charge on any atom is 0.330 e. The fourth-order valence-corrected chi connectivity index (χ4v) is 3.73. The lowest BCUT2D eigenvalue weighted by molar-refractivity contribution is 0.219. The van der Waals surface area contributed by atoms with Crippen LogP contribution in [0.5, 0.6) is 0 Å². The van der Waals surface area contributed by atoms with E-state index in [0.717, 1.165) is 12.8 Å². The molecule has 0 saturated carbocycles. The highest BCUT2D eigenvalue weighted by Crippen LogP contribution is 2.48. The predicted octanol–water partition coefficient (Wildman–Crippen LogP) is 5.39. The van der Waals surface area contributed by atoms with Gasteiger partial charge in [-0.25, -0.2) is 0 Å². The average molecular weight is 278 g/mol. The molecule has 3 nitrogen and oxygen atoms in total. The van der Waals surface area contributed by atoms with E-state index in [0.29, 0.717) is 19.4 Å². The van der Waals surface area contributed by atoms with Crippen LogP contribution in [0.3, 0.4) is 0 Å². The van der Waals surface area contributed by atoms with Gasteiger partial charge < -0.3 is 9.05 Å². The van der Waals surface area contributed by atoms with Crippen molar-refractivity contribution in [2.24, 2.45) is 0 Å². The van der Waals surface area contributed by atoms with E-state index in [1.54, 1.807) is 0 Å². The molecule has 18 heavy (non-hydrogen) atoms. The maximum atomic E-state index is 12.1. The highest BCUT2D eigenvalue weighted by atomic mass is 31.2. The third-order valence-electron chi connectivity index (χ3n) is 2.94. The van der Waals surface area contributed by atoms with Gasteiger partial charge in [0, 0.05) is 0 Å². The van der Waals surface area contributed by atoms with E-state index in [9.17, 15) is 4.57 Å². The summed E-state index contributed by atoms with van der Waals surface area (Å²) in [4.78, 5) is 0. The van der Waals surface area contributed by atoms with Gasteiger partial charge in [0.25, 0.3) is 0 Å². The van der Waals surface area contributed by atoms with Gasteiger partial charge in [-0.1, -0.05) is 51.9 Å². The van der Waals surface area contributed by atoms with E-state index < -0.39 is 7.60 Å². The minimum absolute atomic E-state index is 0.467. The SMILES string of the molecule is CCCCCCCCCCP(=O)(OCC)OCC. The predicted molar refractivity (Wildman–Crippen MR) is 78.3 cm³/mol. The molecule has 0 unspecified atom stereocenters. The monoisotopic (exact) mass is 278 g/mol.